The maximum absolute atomic E-state index is 13.8. The summed E-state index contributed by atoms with van der Waals surface area (Å²) in [7, 11) is 3.09. The number of anilines is 1. The average Bonchev–Trinajstić information content (AvgIpc) is 3.42. The number of benzene rings is 1. The van der Waals surface area contributed by atoms with E-state index in [2.05, 4.69) is 36.0 Å². The molecule has 0 bridgehead atoms. The van der Waals surface area contributed by atoms with Gasteiger partial charge in [-0.2, -0.15) is 0 Å². The van der Waals surface area contributed by atoms with Crippen molar-refractivity contribution < 1.29 is 23.9 Å². The van der Waals surface area contributed by atoms with E-state index in [-0.39, 0.29) is 42.3 Å². The molecule has 1 aromatic carbocycles. The summed E-state index contributed by atoms with van der Waals surface area (Å²) in [5.41, 5.74) is 4.88. The number of nitrogens with zero attached hydrogens (tertiary/aromatic N) is 5. The molecule has 0 saturated carbocycles. The van der Waals surface area contributed by atoms with Crippen LogP contribution in [0.1, 0.15) is 75.7 Å². The predicted octanol–water partition coefficient (Wildman–Crippen LogP) is 4.22. The summed E-state index contributed by atoms with van der Waals surface area (Å²) in [6.07, 6.45) is 6.23. The number of rotatable bonds is 10. The van der Waals surface area contributed by atoms with Gasteiger partial charge >= 0.3 is 11.9 Å². The molecule has 2 aromatic heterocycles. The molecule has 1 amide bonds. The Kier molecular flexibility index (Phi) is 10.2. The number of amides is 1. The van der Waals surface area contributed by atoms with E-state index in [0.717, 1.165) is 53.6 Å². The second-order valence-electron chi connectivity index (χ2n) is 11.7. The molecule has 5 heterocycles. The quantitative estimate of drug-likeness (QED) is 0.202. The number of aliphatic imine (C=N–C) groups is 1. The SMILES string of the molecule is CCCC.CCCCCN1C=Nc2cccc3nc4c(c1c23)Cn1c-4cc2c(c1=O)COC(=O)C2OC(=O)CN(C)C(=O)CNC. The van der Waals surface area contributed by atoms with E-state index in [1.807, 2.05) is 24.5 Å². The summed E-state index contributed by atoms with van der Waals surface area (Å²) in [5.74, 6) is -1.87. The van der Waals surface area contributed by atoms with Crippen molar-refractivity contribution in [2.24, 2.45) is 4.99 Å². The van der Waals surface area contributed by atoms with Gasteiger partial charge in [-0.3, -0.25) is 14.4 Å². The molecule has 1 atom stereocenters. The summed E-state index contributed by atoms with van der Waals surface area (Å²) in [6, 6.07) is 7.51. The molecule has 0 aliphatic carbocycles. The van der Waals surface area contributed by atoms with Crippen LogP contribution in [-0.4, -0.2) is 72.4 Å². The minimum Gasteiger partial charge on any atom is -0.458 e. The van der Waals surface area contributed by atoms with Crippen LogP contribution < -0.4 is 15.8 Å². The smallest absolute Gasteiger partial charge is 0.352 e. The largest absolute Gasteiger partial charge is 0.458 e. The minimum absolute atomic E-state index is 0.0491. The lowest BCUT2D eigenvalue weighted by Crippen LogP contribution is -2.40. The van der Waals surface area contributed by atoms with Crippen molar-refractivity contribution in [3.63, 3.8) is 0 Å². The third kappa shape index (κ3) is 6.26. The first-order chi connectivity index (χ1) is 22.2. The van der Waals surface area contributed by atoms with Gasteiger partial charge in [0, 0.05) is 24.7 Å². The molecule has 0 saturated heterocycles. The van der Waals surface area contributed by atoms with Gasteiger partial charge in [0.05, 0.1) is 58.7 Å². The number of pyridine rings is 2. The lowest BCUT2D eigenvalue weighted by Gasteiger charge is -2.27. The predicted molar refractivity (Wildman–Crippen MR) is 176 cm³/mol. The molecule has 12 heteroatoms. The number of esters is 2. The topological polar surface area (TPSA) is 135 Å². The summed E-state index contributed by atoms with van der Waals surface area (Å²) in [6.45, 7) is 7.07. The first kappa shape index (κ1) is 32.8. The maximum atomic E-state index is 13.8. The number of fused-ring (bicyclic) bond motifs is 5. The Balaban J connectivity index is 0.000000985. The summed E-state index contributed by atoms with van der Waals surface area (Å²) in [5, 5.41) is 3.68. The molecule has 46 heavy (non-hydrogen) atoms. The van der Waals surface area contributed by atoms with Crippen molar-refractivity contribution in [2.45, 2.75) is 72.1 Å². The standard InChI is InChI=1S/C30H32N6O6.C4H10/c1-4-5-6-10-35-16-32-20-8-7-9-21-25(20)27(35)18-13-36-22(26(18)33-21)11-17-19(29(36)39)15-41-30(40)28(17)42-24(38)14-34(3)23(37)12-31-2;1-3-4-2/h7-9,11,16,28,31H,4-6,10,12-15H2,1-3H3;3-4H2,1-2H3. The van der Waals surface area contributed by atoms with Crippen molar-refractivity contribution in [1.29, 1.82) is 0 Å². The van der Waals surface area contributed by atoms with Crippen molar-refractivity contribution in [1.82, 2.24) is 19.8 Å². The van der Waals surface area contributed by atoms with E-state index in [1.54, 1.807) is 17.7 Å². The third-order valence-corrected chi connectivity index (χ3v) is 8.41. The molecule has 244 valence electrons. The van der Waals surface area contributed by atoms with Crippen LogP contribution in [0.4, 0.5) is 11.4 Å². The van der Waals surface area contributed by atoms with E-state index in [4.69, 9.17) is 14.5 Å². The Morgan fingerprint density at radius 1 is 1.11 bits per heavy atom. The highest BCUT2D eigenvalue weighted by Crippen LogP contribution is 2.46. The molecular formula is C34H42N6O6. The van der Waals surface area contributed by atoms with Crippen LogP contribution in [0.3, 0.4) is 0 Å². The van der Waals surface area contributed by atoms with Crippen LogP contribution in [-0.2, 0) is 37.0 Å². The van der Waals surface area contributed by atoms with Crippen LogP contribution in [0.2, 0.25) is 0 Å². The van der Waals surface area contributed by atoms with E-state index in [9.17, 15) is 19.2 Å². The Labute approximate surface area is 268 Å². The van der Waals surface area contributed by atoms with Crippen LogP contribution in [0.25, 0.3) is 22.3 Å². The van der Waals surface area contributed by atoms with Gasteiger partial charge in [0.1, 0.15) is 13.2 Å². The van der Waals surface area contributed by atoms with Gasteiger partial charge in [0.15, 0.2) is 0 Å². The molecule has 1 unspecified atom stereocenters. The number of nitrogens with one attached hydrogen (secondary N) is 1. The molecular weight excluding hydrogens is 588 g/mol. The summed E-state index contributed by atoms with van der Waals surface area (Å²) >= 11 is 0. The van der Waals surface area contributed by atoms with Crippen LogP contribution in [0.15, 0.2) is 34.1 Å². The number of hydrogen-bond donors (Lipinski definition) is 1. The van der Waals surface area contributed by atoms with E-state index < -0.39 is 18.0 Å². The molecule has 3 aliphatic heterocycles. The highest BCUT2D eigenvalue weighted by atomic mass is 16.6. The van der Waals surface area contributed by atoms with Gasteiger partial charge in [-0.25, -0.2) is 14.8 Å². The number of ether oxygens (including phenoxy) is 2. The highest BCUT2D eigenvalue weighted by molar-refractivity contribution is 6.11. The molecule has 3 aromatic rings. The van der Waals surface area contributed by atoms with Gasteiger partial charge in [0.25, 0.3) is 5.56 Å². The van der Waals surface area contributed by atoms with Gasteiger partial charge in [0.2, 0.25) is 12.0 Å². The maximum Gasteiger partial charge on any atom is 0.352 e. The zero-order valence-electron chi connectivity index (χ0n) is 27.2. The number of cyclic esters (lactones) is 1. The van der Waals surface area contributed by atoms with Gasteiger partial charge in [-0.15, -0.1) is 0 Å². The van der Waals surface area contributed by atoms with Crippen molar-refractivity contribution in [2.75, 3.05) is 38.6 Å². The Bertz CT molecular complexity index is 1750. The minimum atomic E-state index is -1.43. The highest BCUT2D eigenvalue weighted by Gasteiger charge is 2.39. The third-order valence-electron chi connectivity index (χ3n) is 8.41. The molecule has 1 N–H and O–H groups in total. The molecule has 0 fully saturated rings. The van der Waals surface area contributed by atoms with E-state index >= 15 is 0 Å². The zero-order chi connectivity index (χ0) is 33.0. The fourth-order valence-electron chi connectivity index (χ4n) is 5.79. The lowest BCUT2D eigenvalue weighted by atomic mass is 9.99. The number of likely N-dealkylation sites (N-methyl/N-ethyl adjacent to an activating group) is 2. The van der Waals surface area contributed by atoms with Gasteiger partial charge < -0.3 is 29.2 Å². The molecule has 6 rings (SSSR count). The number of aromatic nitrogens is 2. The fraction of sp³-hybridized carbons (Fsp3) is 0.471. The first-order valence-electron chi connectivity index (χ1n) is 16.0. The van der Waals surface area contributed by atoms with Gasteiger partial charge in [-0.1, -0.05) is 52.5 Å². The second-order valence-corrected chi connectivity index (χ2v) is 11.7. The first-order valence-corrected chi connectivity index (χ1v) is 16.0. The Morgan fingerprint density at radius 3 is 2.61 bits per heavy atom. The second kappa shape index (κ2) is 14.2. The van der Waals surface area contributed by atoms with Crippen molar-refractivity contribution >= 4 is 46.5 Å². The lowest BCUT2D eigenvalue weighted by molar-refractivity contribution is -0.172. The Hall–Kier alpha value is -4.58. The number of unbranched alkanes of at least 4 members (excludes halogenated alkanes) is 3. The van der Waals surface area contributed by atoms with Gasteiger partial charge in [-0.05, 0) is 31.7 Å². The molecule has 12 nitrogen and oxygen atoms in total. The molecule has 0 spiro atoms. The van der Waals surface area contributed by atoms with Crippen molar-refractivity contribution in [3.8, 4) is 11.4 Å². The fourth-order valence-corrected chi connectivity index (χ4v) is 5.79. The number of carbonyl (C=O) groups excluding carboxylic acids is 3. The molecule has 3 aliphatic rings. The number of carbonyl (C=O) groups is 3. The van der Waals surface area contributed by atoms with Crippen molar-refractivity contribution in [3.05, 3.63) is 51.3 Å². The Morgan fingerprint density at radius 2 is 1.89 bits per heavy atom. The summed E-state index contributed by atoms with van der Waals surface area (Å²) < 4.78 is 12.4. The monoisotopic (exact) mass is 630 g/mol. The molecule has 0 radical (unpaired) electrons. The normalized spacial score (nSPS) is 15.4. The van der Waals surface area contributed by atoms with Crippen LogP contribution in [0, 0.1) is 0 Å². The number of hydrogen-bond acceptors (Lipinski definition) is 10. The van der Waals surface area contributed by atoms with E-state index in [0.29, 0.717) is 17.9 Å². The zero-order valence-corrected chi connectivity index (χ0v) is 27.2. The van der Waals surface area contributed by atoms with E-state index in [1.165, 1.54) is 24.8 Å². The van der Waals surface area contributed by atoms with Crippen LogP contribution >= 0.6 is 0 Å². The summed E-state index contributed by atoms with van der Waals surface area (Å²) in [4.78, 5) is 64.5. The van der Waals surface area contributed by atoms with Crippen LogP contribution in [0.5, 0.6) is 0 Å². The average molecular weight is 631 g/mol.